The van der Waals surface area contributed by atoms with E-state index in [1.807, 2.05) is 13.1 Å². The summed E-state index contributed by atoms with van der Waals surface area (Å²) in [5, 5.41) is 3.35. The molecule has 1 aliphatic rings. The van der Waals surface area contributed by atoms with Gasteiger partial charge in [-0.25, -0.2) is 9.97 Å². The largest absolute Gasteiger partial charge is 0.307 e. The first-order chi connectivity index (χ1) is 9.40. The molecule has 1 aromatic carbocycles. The zero-order valence-corrected chi connectivity index (χ0v) is 11.2. The van der Waals surface area contributed by atoms with Crippen molar-refractivity contribution in [2.24, 2.45) is 0 Å². The highest BCUT2D eigenvalue weighted by Gasteiger charge is 2.25. The van der Waals surface area contributed by atoms with Crippen LogP contribution in [0.15, 0.2) is 42.7 Å². The van der Waals surface area contributed by atoms with Crippen LogP contribution in [-0.4, -0.2) is 17.0 Å². The van der Waals surface area contributed by atoms with Gasteiger partial charge < -0.3 is 5.32 Å². The molecule has 98 valence electrons. The van der Waals surface area contributed by atoms with Crippen molar-refractivity contribution in [2.75, 3.05) is 7.05 Å². The molecule has 1 fully saturated rings. The Bertz CT molecular complexity index is 535. The maximum Gasteiger partial charge on any atom is 0.149 e. The minimum atomic E-state index is 0.0815. The van der Waals surface area contributed by atoms with E-state index < -0.39 is 0 Å². The molecule has 0 spiro atoms. The predicted molar refractivity (Wildman–Crippen MR) is 76.0 cm³/mol. The lowest BCUT2D eigenvalue weighted by Gasteiger charge is -2.30. The summed E-state index contributed by atoms with van der Waals surface area (Å²) in [6, 6.07) is 10.6. The summed E-state index contributed by atoms with van der Waals surface area (Å²) in [6.07, 6.45) is 7.58. The minimum absolute atomic E-state index is 0.0815. The van der Waals surface area contributed by atoms with Crippen molar-refractivity contribution in [1.82, 2.24) is 15.3 Å². The Kier molecular flexibility index (Phi) is 3.56. The molecule has 1 saturated carbocycles. The molecule has 2 aromatic rings. The predicted octanol–water partition coefficient (Wildman–Crippen LogP) is 3.05. The maximum atomic E-state index is 4.40. The molecular weight excluding hydrogens is 234 g/mol. The van der Waals surface area contributed by atoms with Gasteiger partial charge in [0.15, 0.2) is 0 Å². The van der Waals surface area contributed by atoms with E-state index in [2.05, 4.69) is 39.6 Å². The first-order valence-electron chi connectivity index (χ1n) is 6.93. The molecule has 1 aromatic heterocycles. The van der Waals surface area contributed by atoms with E-state index in [9.17, 15) is 0 Å². The topological polar surface area (TPSA) is 37.8 Å². The van der Waals surface area contributed by atoms with Crippen molar-refractivity contribution in [1.29, 1.82) is 0 Å². The van der Waals surface area contributed by atoms with Gasteiger partial charge in [0.1, 0.15) is 5.82 Å². The average molecular weight is 253 g/mol. The van der Waals surface area contributed by atoms with Crippen LogP contribution < -0.4 is 5.32 Å². The molecule has 0 saturated heterocycles. The quantitative estimate of drug-likeness (QED) is 0.910. The van der Waals surface area contributed by atoms with E-state index >= 15 is 0 Å². The van der Waals surface area contributed by atoms with Gasteiger partial charge in [0.25, 0.3) is 0 Å². The number of aromatic nitrogens is 2. The van der Waals surface area contributed by atoms with Crippen LogP contribution in [0, 0.1) is 0 Å². The Balaban J connectivity index is 1.99. The van der Waals surface area contributed by atoms with E-state index in [4.69, 9.17) is 0 Å². The van der Waals surface area contributed by atoms with Crippen molar-refractivity contribution in [3.63, 3.8) is 0 Å². The van der Waals surface area contributed by atoms with Gasteiger partial charge in [-0.2, -0.15) is 0 Å². The first-order valence-corrected chi connectivity index (χ1v) is 6.93. The van der Waals surface area contributed by atoms with E-state index in [0.29, 0.717) is 0 Å². The van der Waals surface area contributed by atoms with Crippen LogP contribution in [0.2, 0.25) is 0 Å². The number of hydrogen-bond donors (Lipinski definition) is 1. The molecule has 0 amide bonds. The lowest BCUT2D eigenvalue weighted by atomic mass is 9.77. The molecule has 1 heterocycles. The van der Waals surface area contributed by atoms with Crippen LogP contribution in [0.3, 0.4) is 0 Å². The smallest absolute Gasteiger partial charge is 0.149 e. The van der Waals surface area contributed by atoms with Crippen LogP contribution >= 0.6 is 0 Å². The SMILES string of the molecule is CNC(c1ncccn1)c1ccccc1C1CCC1. The van der Waals surface area contributed by atoms with Crippen LogP contribution in [0.1, 0.15) is 48.2 Å². The van der Waals surface area contributed by atoms with Crippen LogP contribution in [0.4, 0.5) is 0 Å². The van der Waals surface area contributed by atoms with Crippen molar-refractivity contribution < 1.29 is 0 Å². The van der Waals surface area contributed by atoms with E-state index in [-0.39, 0.29) is 6.04 Å². The summed E-state index contributed by atoms with van der Waals surface area (Å²) < 4.78 is 0. The Labute approximate surface area is 114 Å². The average Bonchev–Trinajstić information content (AvgIpc) is 2.41. The lowest BCUT2D eigenvalue weighted by molar-refractivity contribution is 0.414. The second-order valence-corrected chi connectivity index (χ2v) is 5.09. The Hall–Kier alpha value is -1.74. The molecule has 1 N–H and O–H groups in total. The first kappa shape index (κ1) is 12.3. The van der Waals surface area contributed by atoms with E-state index in [1.165, 1.54) is 30.4 Å². The van der Waals surface area contributed by atoms with Gasteiger partial charge in [-0.15, -0.1) is 0 Å². The zero-order valence-electron chi connectivity index (χ0n) is 11.2. The normalized spacial score (nSPS) is 16.9. The van der Waals surface area contributed by atoms with Crippen molar-refractivity contribution in [2.45, 2.75) is 31.2 Å². The summed E-state index contributed by atoms with van der Waals surface area (Å²) >= 11 is 0. The van der Waals surface area contributed by atoms with Gasteiger partial charge in [-0.1, -0.05) is 30.7 Å². The molecule has 1 atom stereocenters. The number of rotatable bonds is 4. The summed E-state index contributed by atoms with van der Waals surface area (Å²) in [5.41, 5.74) is 2.78. The summed E-state index contributed by atoms with van der Waals surface area (Å²) in [4.78, 5) is 8.79. The number of benzene rings is 1. The van der Waals surface area contributed by atoms with E-state index in [0.717, 1.165) is 11.7 Å². The number of hydrogen-bond acceptors (Lipinski definition) is 3. The van der Waals surface area contributed by atoms with Gasteiger partial charge >= 0.3 is 0 Å². The fraction of sp³-hybridized carbons (Fsp3) is 0.375. The molecule has 0 aliphatic heterocycles. The molecule has 0 bridgehead atoms. The van der Waals surface area contributed by atoms with Crippen molar-refractivity contribution >= 4 is 0 Å². The molecule has 0 radical (unpaired) electrons. The highest BCUT2D eigenvalue weighted by molar-refractivity contribution is 5.37. The van der Waals surface area contributed by atoms with Gasteiger partial charge in [0, 0.05) is 12.4 Å². The third-order valence-electron chi connectivity index (χ3n) is 3.98. The highest BCUT2D eigenvalue weighted by Crippen LogP contribution is 2.40. The van der Waals surface area contributed by atoms with Crippen molar-refractivity contribution in [3.05, 3.63) is 59.7 Å². The Morgan fingerprint density at radius 1 is 1.11 bits per heavy atom. The Morgan fingerprint density at radius 2 is 1.84 bits per heavy atom. The summed E-state index contributed by atoms with van der Waals surface area (Å²) in [7, 11) is 1.97. The van der Waals surface area contributed by atoms with Gasteiger partial charge in [0.05, 0.1) is 6.04 Å². The monoisotopic (exact) mass is 253 g/mol. The standard InChI is InChI=1S/C16H19N3/c1-17-15(16-18-10-5-11-19-16)14-9-3-2-8-13(14)12-6-4-7-12/h2-3,5,8-12,15,17H,4,6-7H2,1H3. The van der Waals surface area contributed by atoms with Gasteiger partial charge in [0.2, 0.25) is 0 Å². The maximum absolute atomic E-state index is 4.40. The zero-order chi connectivity index (χ0) is 13.1. The number of nitrogens with one attached hydrogen (secondary N) is 1. The fourth-order valence-corrected chi connectivity index (χ4v) is 2.75. The number of nitrogens with zero attached hydrogens (tertiary/aromatic N) is 2. The van der Waals surface area contributed by atoms with Crippen LogP contribution in [0.25, 0.3) is 0 Å². The second kappa shape index (κ2) is 5.49. The second-order valence-electron chi connectivity index (χ2n) is 5.09. The minimum Gasteiger partial charge on any atom is -0.307 e. The fourth-order valence-electron chi connectivity index (χ4n) is 2.75. The lowest BCUT2D eigenvalue weighted by Crippen LogP contribution is -2.23. The highest BCUT2D eigenvalue weighted by atomic mass is 15.0. The molecule has 19 heavy (non-hydrogen) atoms. The van der Waals surface area contributed by atoms with Gasteiger partial charge in [-0.05, 0) is 43.0 Å². The summed E-state index contributed by atoms with van der Waals surface area (Å²) in [6.45, 7) is 0. The molecular formula is C16H19N3. The molecule has 1 aliphatic carbocycles. The molecule has 3 heteroatoms. The molecule has 1 unspecified atom stereocenters. The van der Waals surface area contributed by atoms with Crippen molar-refractivity contribution in [3.8, 4) is 0 Å². The molecule has 3 nitrogen and oxygen atoms in total. The molecule has 3 rings (SSSR count). The van der Waals surface area contributed by atoms with Crippen LogP contribution in [-0.2, 0) is 0 Å². The van der Waals surface area contributed by atoms with Crippen LogP contribution in [0.5, 0.6) is 0 Å². The Morgan fingerprint density at radius 3 is 2.47 bits per heavy atom. The summed E-state index contributed by atoms with van der Waals surface area (Å²) in [5.74, 6) is 1.56. The van der Waals surface area contributed by atoms with Gasteiger partial charge in [-0.3, -0.25) is 0 Å². The third kappa shape index (κ3) is 2.38. The third-order valence-corrected chi connectivity index (χ3v) is 3.98. The van der Waals surface area contributed by atoms with E-state index in [1.54, 1.807) is 12.4 Å².